The molecule has 0 bridgehead atoms. The molecule has 0 heterocycles. The van der Waals surface area contributed by atoms with Crippen molar-refractivity contribution in [1.82, 2.24) is 5.32 Å². The molecular weight excluding hydrogens is 248 g/mol. The van der Waals surface area contributed by atoms with Gasteiger partial charge in [0, 0.05) is 11.1 Å². The van der Waals surface area contributed by atoms with E-state index in [0.717, 1.165) is 31.2 Å². The zero-order valence-corrected chi connectivity index (χ0v) is 11.1. The molecule has 1 atom stereocenters. The molecular formula is C14H19ClN2O. The second-order valence-corrected chi connectivity index (χ2v) is 5.20. The maximum Gasteiger partial charge on any atom is 0.227 e. The molecule has 0 radical (unpaired) electrons. The van der Waals surface area contributed by atoms with E-state index in [4.69, 9.17) is 17.3 Å². The Labute approximate surface area is 113 Å². The van der Waals surface area contributed by atoms with Gasteiger partial charge in [-0.05, 0) is 43.9 Å². The van der Waals surface area contributed by atoms with Crippen molar-refractivity contribution < 1.29 is 4.79 Å². The van der Waals surface area contributed by atoms with Gasteiger partial charge in [0.2, 0.25) is 5.91 Å². The predicted octanol–water partition coefficient (Wildman–Crippen LogP) is 2.44. The minimum absolute atomic E-state index is 0.0825. The van der Waals surface area contributed by atoms with Crippen LogP contribution in [0.15, 0.2) is 24.3 Å². The van der Waals surface area contributed by atoms with Crippen LogP contribution in [0.4, 0.5) is 0 Å². The maximum atomic E-state index is 12.2. The molecule has 1 saturated carbocycles. The minimum atomic E-state index is -0.178. The highest BCUT2D eigenvalue weighted by atomic mass is 35.5. The summed E-state index contributed by atoms with van der Waals surface area (Å²) in [6.45, 7) is 0.595. The SMILES string of the molecule is NCCCC(C(=O)NC1CC1)c1ccccc1Cl. The average Bonchev–Trinajstić information content (AvgIpc) is 3.15. The van der Waals surface area contributed by atoms with Crippen LogP contribution in [0.25, 0.3) is 0 Å². The van der Waals surface area contributed by atoms with Crippen LogP contribution in [0, 0.1) is 0 Å². The summed E-state index contributed by atoms with van der Waals surface area (Å²) in [5, 5.41) is 3.71. The highest BCUT2D eigenvalue weighted by Gasteiger charge is 2.28. The van der Waals surface area contributed by atoms with Crippen LogP contribution < -0.4 is 11.1 Å². The number of rotatable bonds is 6. The van der Waals surface area contributed by atoms with E-state index < -0.39 is 0 Å². The van der Waals surface area contributed by atoms with Crippen molar-refractivity contribution in [2.24, 2.45) is 5.73 Å². The van der Waals surface area contributed by atoms with Gasteiger partial charge in [0.15, 0.2) is 0 Å². The molecule has 1 unspecified atom stereocenters. The number of carbonyl (C=O) groups is 1. The van der Waals surface area contributed by atoms with Gasteiger partial charge in [-0.2, -0.15) is 0 Å². The Kier molecular flexibility index (Phi) is 4.61. The Morgan fingerprint density at radius 1 is 1.44 bits per heavy atom. The summed E-state index contributed by atoms with van der Waals surface area (Å²) in [5.74, 6) is -0.0955. The molecule has 0 spiro atoms. The third-order valence-corrected chi connectivity index (χ3v) is 3.56. The summed E-state index contributed by atoms with van der Waals surface area (Å²) in [6, 6.07) is 7.93. The molecule has 1 aliphatic carbocycles. The van der Waals surface area contributed by atoms with Crippen LogP contribution in [0.1, 0.15) is 37.2 Å². The van der Waals surface area contributed by atoms with E-state index in [0.29, 0.717) is 17.6 Å². The van der Waals surface area contributed by atoms with E-state index in [-0.39, 0.29) is 11.8 Å². The first kappa shape index (κ1) is 13.4. The fourth-order valence-electron chi connectivity index (χ4n) is 2.04. The maximum absolute atomic E-state index is 12.2. The van der Waals surface area contributed by atoms with Gasteiger partial charge in [0.25, 0.3) is 0 Å². The van der Waals surface area contributed by atoms with Crippen molar-refractivity contribution in [2.75, 3.05) is 6.54 Å². The zero-order chi connectivity index (χ0) is 13.0. The fraction of sp³-hybridized carbons (Fsp3) is 0.500. The monoisotopic (exact) mass is 266 g/mol. The number of amides is 1. The Morgan fingerprint density at radius 3 is 2.78 bits per heavy atom. The second kappa shape index (κ2) is 6.21. The number of halogens is 1. The summed E-state index contributed by atoms with van der Waals surface area (Å²) < 4.78 is 0. The van der Waals surface area contributed by atoms with E-state index in [9.17, 15) is 4.79 Å². The average molecular weight is 267 g/mol. The molecule has 2 rings (SSSR count). The lowest BCUT2D eigenvalue weighted by Crippen LogP contribution is -2.31. The van der Waals surface area contributed by atoms with Crippen molar-refractivity contribution in [3.8, 4) is 0 Å². The first-order chi connectivity index (χ1) is 8.72. The van der Waals surface area contributed by atoms with Gasteiger partial charge in [-0.15, -0.1) is 0 Å². The highest BCUT2D eigenvalue weighted by molar-refractivity contribution is 6.31. The van der Waals surface area contributed by atoms with Gasteiger partial charge in [0.1, 0.15) is 0 Å². The van der Waals surface area contributed by atoms with Gasteiger partial charge in [-0.1, -0.05) is 29.8 Å². The molecule has 0 aromatic heterocycles. The number of carbonyl (C=O) groups excluding carboxylic acids is 1. The molecule has 4 heteroatoms. The Balaban J connectivity index is 2.12. The predicted molar refractivity (Wildman–Crippen MR) is 73.6 cm³/mol. The molecule has 1 aromatic carbocycles. The second-order valence-electron chi connectivity index (χ2n) is 4.79. The van der Waals surface area contributed by atoms with Crippen molar-refractivity contribution in [1.29, 1.82) is 0 Å². The van der Waals surface area contributed by atoms with Crippen molar-refractivity contribution in [3.05, 3.63) is 34.9 Å². The van der Waals surface area contributed by atoms with Gasteiger partial charge in [0.05, 0.1) is 5.92 Å². The number of hydrogen-bond donors (Lipinski definition) is 2. The molecule has 1 aromatic rings. The third-order valence-electron chi connectivity index (χ3n) is 3.22. The van der Waals surface area contributed by atoms with Crippen LogP contribution in [0.5, 0.6) is 0 Å². The van der Waals surface area contributed by atoms with E-state index in [1.807, 2.05) is 24.3 Å². The summed E-state index contributed by atoms with van der Waals surface area (Å²) in [5.41, 5.74) is 6.45. The lowest BCUT2D eigenvalue weighted by molar-refractivity contribution is -0.122. The summed E-state index contributed by atoms with van der Waals surface area (Å²) in [6.07, 6.45) is 3.77. The van der Waals surface area contributed by atoms with E-state index in [2.05, 4.69) is 5.32 Å². The molecule has 98 valence electrons. The lowest BCUT2D eigenvalue weighted by atomic mass is 9.93. The molecule has 1 aliphatic rings. The lowest BCUT2D eigenvalue weighted by Gasteiger charge is -2.18. The van der Waals surface area contributed by atoms with Crippen LogP contribution in [-0.2, 0) is 4.79 Å². The van der Waals surface area contributed by atoms with Crippen LogP contribution in [0.3, 0.4) is 0 Å². The molecule has 1 amide bonds. The number of benzene rings is 1. The Hall–Kier alpha value is -1.06. The number of nitrogens with one attached hydrogen (secondary N) is 1. The summed E-state index contributed by atoms with van der Waals surface area (Å²) in [4.78, 5) is 12.2. The summed E-state index contributed by atoms with van der Waals surface area (Å²) in [7, 11) is 0. The summed E-state index contributed by atoms with van der Waals surface area (Å²) >= 11 is 6.18. The van der Waals surface area contributed by atoms with Gasteiger partial charge >= 0.3 is 0 Å². The highest BCUT2D eigenvalue weighted by Crippen LogP contribution is 2.29. The van der Waals surface area contributed by atoms with Crippen molar-refractivity contribution in [3.63, 3.8) is 0 Å². The fourth-order valence-corrected chi connectivity index (χ4v) is 2.30. The third kappa shape index (κ3) is 3.47. The Bertz CT molecular complexity index is 418. The van der Waals surface area contributed by atoms with Gasteiger partial charge < -0.3 is 11.1 Å². The van der Waals surface area contributed by atoms with Crippen molar-refractivity contribution in [2.45, 2.75) is 37.6 Å². The molecule has 0 aliphatic heterocycles. The van der Waals surface area contributed by atoms with Crippen LogP contribution >= 0.6 is 11.6 Å². The smallest absolute Gasteiger partial charge is 0.227 e. The van der Waals surface area contributed by atoms with Crippen LogP contribution in [0.2, 0.25) is 5.02 Å². The number of nitrogens with two attached hydrogens (primary N) is 1. The standard InChI is InChI=1S/C14H19ClN2O/c15-13-6-2-1-4-11(13)12(5-3-9-16)14(18)17-10-7-8-10/h1-2,4,6,10,12H,3,5,7-9,16H2,(H,17,18). The minimum Gasteiger partial charge on any atom is -0.353 e. The van der Waals surface area contributed by atoms with Gasteiger partial charge in [-0.25, -0.2) is 0 Å². The first-order valence-corrected chi connectivity index (χ1v) is 6.85. The zero-order valence-electron chi connectivity index (χ0n) is 10.4. The topological polar surface area (TPSA) is 55.1 Å². The van der Waals surface area contributed by atoms with E-state index in [1.165, 1.54) is 0 Å². The van der Waals surface area contributed by atoms with E-state index in [1.54, 1.807) is 0 Å². The van der Waals surface area contributed by atoms with Crippen LogP contribution in [-0.4, -0.2) is 18.5 Å². The molecule has 3 N–H and O–H groups in total. The molecule has 3 nitrogen and oxygen atoms in total. The number of hydrogen-bond acceptors (Lipinski definition) is 2. The van der Waals surface area contributed by atoms with Gasteiger partial charge in [-0.3, -0.25) is 4.79 Å². The largest absolute Gasteiger partial charge is 0.353 e. The normalized spacial score (nSPS) is 16.3. The quantitative estimate of drug-likeness (QED) is 0.831. The van der Waals surface area contributed by atoms with Crippen molar-refractivity contribution >= 4 is 17.5 Å². The van der Waals surface area contributed by atoms with E-state index >= 15 is 0 Å². The first-order valence-electron chi connectivity index (χ1n) is 6.47. The molecule has 18 heavy (non-hydrogen) atoms. The Morgan fingerprint density at radius 2 is 2.17 bits per heavy atom. The molecule has 1 fully saturated rings. The molecule has 0 saturated heterocycles.